The van der Waals surface area contributed by atoms with Gasteiger partial charge in [0, 0.05) is 19.3 Å². The number of nitrogens with zero attached hydrogens (tertiary/aromatic N) is 2. The number of amides is 1. The van der Waals surface area contributed by atoms with Crippen molar-refractivity contribution in [1.82, 2.24) is 14.9 Å². The number of aromatic carboxylic acids is 1. The lowest BCUT2D eigenvalue weighted by Gasteiger charge is -2.05. The minimum atomic E-state index is -1.06. The van der Waals surface area contributed by atoms with Gasteiger partial charge in [-0.1, -0.05) is 30.3 Å². The summed E-state index contributed by atoms with van der Waals surface area (Å²) >= 11 is 0. The van der Waals surface area contributed by atoms with Crippen LogP contribution in [0, 0.1) is 0 Å². The van der Waals surface area contributed by atoms with E-state index in [1.54, 1.807) is 4.57 Å². The zero-order valence-electron chi connectivity index (χ0n) is 10.8. The maximum atomic E-state index is 11.7. The van der Waals surface area contributed by atoms with Crippen LogP contribution in [0.5, 0.6) is 0 Å². The first-order valence-corrected chi connectivity index (χ1v) is 6.21. The Bertz CT molecular complexity index is 593. The Balaban J connectivity index is 1.75. The zero-order valence-corrected chi connectivity index (χ0v) is 10.8. The molecule has 1 aromatic heterocycles. The maximum absolute atomic E-state index is 11.7. The molecule has 0 bridgehead atoms. The molecule has 2 N–H and O–H groups in total. The van der Waals surface area contributed by atoms with E-state index in [-0.39, 0.29) is 11.6 Å². The molecule has 0 radical (unpaired) electrons. The summed E-state index contributed by atoms with van der Waals surface area (Å²) in [5.74, 6) is -1.12. The Morgan fingerprint density at radius 3 is 2.65 bits per heavy atom. The van der Waals surface area contributed by atoms with Gasteiger partial charge in [-0.05, 0) is 5.56 Å². The third-order valence-corrected chi connectivity index (χ3v) is 2.75. The molecule has 0 spiro atoms. The van der Waals surface area contributed by atoms with Crippen LogP contribution >= 0.6 is 0 Å². The van der Waals surface area contributed by atoms with Crippen molar-refractivity contribution < 1.29 is 14.7 Å². The number of carboxylic acids is 1. The van der Waals surface area contributed by atoms with Crippen LogP contribution in [0.2, 0.25) is 0 Å². The van der Waals surface area contributed by atoms with Crippen LogP contribution in [0.1, 0.15) is 16.1 Å². The lowest BCUT2D eigenvalue weighted by atomic mass is 10.1. The van der Waals surface area contributed by atoms with Crippen LogP contribution in [0.3, 0.4) is 0 Å². The monoisotopic (exact) mass is 273 g/mol. The van der Waals surface area contributed by atoms with Crippen molar-refractivity contribution in [3.63, 3.8) is 0 Å². The molecule has 20 heavy (non-hydrogen) atoms. The van der Waals surface area contributed by atoms with Gasteiger partial charge < -0.3 is 15.0 Å². The summed E-state index contributed by atoms with van der Waals surface area (Å²) in [5, 5.41) is 11.5. The van der Waals surface area contributed by atoms with Gasteiger partial charge in [0.1, 0.15) is 0 Å². The van der Waals surface area contributed by atoms with Crippen molar-refractivity contribution in [2.24, 2.45) is 0 Å². The first kappa shape index (κ1) is 13.8. The molecule has 6 nitrogen and oxygen atoms in total. The molecular formula is C14H15N3O3. The van der Waals surface area contributed by atoms with E-state index < -0.39 is 5.97 Å². The van der Waals surface area contributed by atoms with Gasteiger partial charge in [-0.2, -0.15) is 0 Å². The topological polar surface area (TPSA) is 84.2 Å². The van der Waals surface area contributed by atoms with Gasteiger partial charge in [0.15, 0.2) is 5.69 Å². The van der Waals surface area contributed by atoms with E-state index in [1.807, 2.05) is 30.3 Å². The molecule has 1 aromatic carbocycles. The first-order chi connectivity index (χ1) is 9.65. The van der Waals surface area contributed by atoms with Crippen molar-refractivity contribution in [2.75, 3.05) is 6.54 Å². The summed E-state index contributed by atoms with van der Waals surface area (Å²) in [4.78, 5) is 26.1. The van der Waals surface area contributed by atoms with Crippen molar-refractivity contribution in [2.45, 2.75) is 13.0 Å². The number of hydrogen-bond donors (Lipinski definition) is 2. The fourth-order valence-corrected chi connectivity index (χ4v) is 1.76. The quantitative estimate of drug-likeness (QED) is 0.820. The van der Waals surface area contributed by atoms with Gasteiger partial charge >= 0.3 is 5.97 Å². The fraction of sp³-hybridized carbons (Fsp3) is 0.214. The molecule has 1 amide bonds. The second kappa shape index (κ2) is 6.51. The number of aromatic nitrogens is 2. The Kier molecular flexibility index (Phi) is 4.49. The lowest BCUT2D eigenvalue weighted by Crippen LogP contribution is -2.28. The number of rotatable bonds is 6. The summed E-state index contributed by atoms with van der Waals surface area (Å²) in [7, 11) is 0. The smallest absolute Gasteiger partial charge is 0.356 e. The summed E-state index contributed by atoms with van der Waals surface area (Å²) in [5.41, 5.74) is 0.960. The van der Waals surface area contributed by atoms with Crippen molar-refractivity contribution in [3.05, 3.63) is 54.1 Å². The summed E-state index contributed by atoms with van der Waals surface area (Å²) in [6.07, 6.45) is 3.21. The van der Waals surface area contributed by atoms with Gasteiger partial charge in [-0.3, -0.25) is 4.79 Å². The first-order valence-electron chi connectivity index (χ1n) is 6.21. The number of imidazole rings is 1. The summed E-state index contributed by atoms with van der Waals surface area (Å²) < 4.78 is 1.63. The molecule has 1 heterocycles. The van der Waals surface area contributed by atoms with Gasteiger partial charge in [0.25, 0.3) is 0 Å². The van der Waals surface area contributed by atoms with E-state index >= 15 is 0 Å². The number of carboxylic acid groups (broad SMARTS) is 1. The molecule has 6 heteroatoms. The fourth-order valence-electron chi connectivity index (χ4n) is 1.76. The van der Waals surface area contributed by atoms with Gasteiger partial charge in [0.2, 0.25) is 5.91 Å². The van der Waals surface area contributed by atoms with Crippen molar-refractivity contribution in [3.8, 4) is 0 Å². The maximum Gasteiger partial charge on any atom is 0.356 e. The van der Waals surface area contributed by atoms with Gasteiger partial charge in [-0.25, -0.2) is 9.78 Å². The zero-order chi connectivity index (χ0) is 14.4. The second-order valence-electron chi connectivity index (χ2n) is 4.31. The molecule has 0 saturated heterocycles. The minimum Gasteiger partial charge on any atom is -0.476 e. The van der Waals surface area contributed by atoms with Crippen molar-refractivity contribution >= 4 is 11.9 Å². The standard InChI is InChI=1S/C14H15N3O3/c18-13(8-11-4-2-1-3-5-11)15-6-7-17-9-12(14(19)20)16-10-17/h1-5,9-10H,6-8H2,(H,15,18)(H,19,20). The van der Waals surface area contributed by atoms with Crippen LogP contribution in [0.4, 0.5) is 0 Å². The molecule has 0 unspecified atom stereocenters. The second-order valence-corrected chi connectivity index (χ2v) is 4.31. The molecule has 0 aliphatic heterocycles. The molecule has 0 aliphatic rings. The SMILES string of the molecule is O=C(Cc1ccccc1)NCCn1cnc(C(=O)O)c1. The molecule has 0 fully saturated rings. The number of benzene rings is 1. The number of nitrogens with one attached hydrogen (secondary N) is 1. The highest BCUT2D eigenvalue weighted by Crippen LogP contribution is 1.99. The van der Waals surface area contributed by atoms with Crippen LogP contribution in [0.25, 0.3) is 0 Å². The molecular weight excluding hydrogens is 258 g/mol. The van der Waals surface area contributed by atoms with Crippen LogP contribution in [-0.4, -0.2) is 33.1 Å². The van der Waals surface area contributed by atoms with Crippen LogP contribution < -0.4 is 5.32 Å². The number of carbonyl (C=O) groups is 2. The minimum absolute atomic E-state index is 0.000567. The Morgan fingerprint density at radius 2 is 2.00 bits per heavy atom. The van der Waals surface area contributed by atoms with Crippen LogP contribution in [0.15, 0.2) is 42.9 Å². The average Bonchev–Trinajstić information content (AvgIpc) is 2.89. The number of hydrogen-bond acceptors (Lipinski definition) is 3. The van der Waals surface area contributed by atoms with E-state index in [1.165, 1.54) is 12.5 Å². The van der Waals surface area contributed by atoms with E-state index in [4.69, 9.17) is 5.11 Å². The molecule has 0 saturated carbocycles. The van der Waals surface area contributed by atoms with Gasteiger partial charge in [-0.15, -0.1) is 0 Å². The molecule has 2 aromatic rings. The van der Waals surface area contributed by atoms with E-state index in [9.17, 15) is 9.59 Å². The highest BCUT2D eigenvalue weighted by atomic mass is 16.4. The Labute approximate surface area is 116 Å². The Morgan fingerprint density at radius 1 is 1.25 bits per heavy atom. The molecule has 2 rings (SSSR count). The van der Waals surface area contributed by atoms with E-state index in [0.717, 1.165) is 5.56 Å². The van der Waals surface area contributed by atoms with Crippen LogP contribution in [-0.2, 0) is 17.8 Å². The molecule has 104 valence electrons. The normalized spacial score (nSPS) is 10.2. The van der Waals surface area contributed by atoms with E-state index in [0.29, 0.717) is 19.5 Å². The highest BCUT2D eigenvalue weighted by Gasteiger charge is 2.06. The average molecular weight is 273 g/mol. The summed E-state index contributed by atoms with van der Waals surface area (Å²) in [6, 6.07) is 9.48. The van der Waals surface area contributed by atoms with Gasteiger partial charge in [0.05, 0.1) is 12.7 Å². The highest BCUT2D eigenvalue weighted by molar-refractivity contribution is 5.84. The van der Waals surface area contributed by atoms with E-state index in [2.05, 4.69) is 10.3 Å². The summed E-state index contributed by atoms with van der Waals surface area (Å²) in [6.45, 7) is 0.919. The molecule has 0 aliphatic carbocycles. The third-order valence-electron chi connectivity index (χ3n) is 2.75. The Hall–Kier alpha value is -2.63. The third kappa shape index (κ3) is 3.94. The molecule has 0 atom stereocenters. The van der Waals surface area contributed by atoms with Crippen molar-refractivity contribution in [1.29, 1.82) is 0 Å². The lowest BCUT2D eigenvalue weighted by molar-refractivity contribution is -0.120. The predicted molar refractivity (Wildman–Crippen MR) is 72.3 cm³/mol. The predicted octanol–water partition coefficient (Wildman–Crippen LogP) is 0.940. The largest absolute Gasteiger partial charge is 0.476 e. The number of carbonyl (C=O) groups excluding carboxylic acids is 1.